The van der Waals surface area contributed by atoms with Gasteiger partial charge >= 0.3 is 0 Å². The molecule has 5 heteroatoms. The minimum absolute atomic E-state index is 0.102. The van der Waals surface area contributed by atoms with Crippen molar-refractivity contribution in [3.63, 3.8) is 0 Å². The Kier molecular flexibility index (Phi) is 4.36. The Morgan fingerprint density at radius 2 is 2.18 bits per heavy atom. The van der Waals surface area contributed by atoms with Gasteiger partial charge in [-0.1, -0.05) is 12.1 Å². The lowest BCUT2D eigenvalue weighted by atomic mass is 10.1. The van der Waals surface area contributed by atoms with Crippen LogP contribution in [0, 0.1) is 5.92 Å². The highest BCUT2D eigenvalue weighted by Gasteiger charge is 2.24. The van der Waals surface area contributed by atoms with E-state index >= 15 is 0 Å². The summed E-state index contributed by atoms with van der Waals surface area (Å²) in [6.45, 7) is 4.21. The van der Waals surface area contributed by atoms with Gasteiger partial charge in [0.1, 0.15) is 0 Å². The van der Waals surface area contributed by atoms with E-state index in [1.165, 1.54) is 5.56 Å². The van der Waals surface area contributed by atoms with Crippen molar-refractivity contribution >= 4 is 16.8 Å². The largest absolute Gasteiger partial charge is 0.369 e. The fraction of sp³-hybridized carbons (Fsp3) is 0.412. The molecule has 1 fully saturated rings. The fourth-order valence-electron chi connectivity index (χ4n) is 3.05. The van der Waals surface area contributed by atoms with Crippen LogP contribution in [-0.2, 0) is 11.3 Å². The van der Waals surface area contributed by atoms with E-state index in [0.29, 0.717) is 0 Å². The van der Waals surface area contributed by atoms with Gasteiger partial charge in [-0.05, 0) is 30.8 Å². The molecule has 0 spiro atoms. The van der Waals surface area contributed by atoms with Crippen LogP contribution in [0.4, 0.5) is 0 Å². The molecule has 3 rings (SSSR count). The number of hydrogen-bond donors (Lipinski definition) is 1. The Balaban J connectivity index is 1.76. The van der Waals surface area contributed by atoms with E-state index in [-0.39, 0.29) is 11.8 Å². The summed E-state index contributed by atoms with van der Waals surface area (Å²) in [6.07, 6.45) is 1.81. The van der Waals surface area contributed by atoms with Crippen molar-refractivity contribution in [2.45, 2.75) is 6.54 Å². The van der Waals surface area contributed by atoms with Gasteiger partial charge in [0.25, 0.3) is 0 Å². The normalized spacial score (nSPS) is 20.9. The van der Waals surface area contributed by atoms with Crippen molar-refractivity contribution < 1.29 is 4.79 Å². The Bertz CT molecular complexity index is 673. The molecule has 22 heavy (non-hydrogen) atoms. The minimum atomic E-state index is -0.207. The Morgan fingerprint density at radius 1 is 1.32 bits per heavy atom. The topological polar surface area (TPSA) is 62.5 Å². The van der Waals surface area contributed by atoms with Crippen molar-refractivity contribution in [3.05, 3.63) is 42.1 Å². The molecule has 1 saturated heterocycles. The maximum absolute atomic E-state index is 11.6. The van der Waals surface area contributed by atoms with Crippen LogP contribution in [0.3, 0.4) is 0 Å². The third kappa shape index (κ3) is 3.43. The van der Waals surface area contributed by atoms with Crippen LogP contribution < -0.4 is 5.73 Å². The van der Waals surface area contributed by atoms with Gasteiger partial charge in [0.05, 0.1) is 11.4 Å². The smallest absolute Gasteiger partial charge is 0.223 e. The van der Waals surface area contributed by atoms with Crippen molar-refractivity contribution in [1.82, 2.24) is 14.8 Å². The van der Waals surface area contributed by atoms with E-state index in [1.807, 2.05) is 19.3 Å². The molecule has 5 nitrogen and oxygen atoms in total. The average Bonchev–Trinajstić information content (AvgIpc) is 2.69. The molecule has 1 aliphatic heterocycles. The highest BCUT2D eigenvalue weighted by Crippen LogP contribution is 2.17. The van der Waals surface area contributed by atoms with E-state index in [4.69, 9.17) is 5.73 Å². The van der Waals surface area contributed by atoms with Crippen LogP contribution in [0.2, 0.25) is 0 Å². The Morgan fingerprint density at radius 3 is 3.00 bits per heavy atom. The second-order valence-corrected chi connectivity index (χ2v) is 6.13. The van der Waals surface area contributed by atoms with E-state index in [9.17, 15) is 4.79 Å². The number of benzene rings is 1. The number of nitrogens with zero attached hydrogens (tertiary/aromatic N) is 3. The van der Waals surface area contributed by atoms with Gasteiger partial charge in [-0.3, -0.25) is 14.7 Å². The zero-order valence-corrected chi connectivity index (χ0v) is 12.9. The molecule has 0 radical (unpaired) electrons. The van der Waals surface area contributed by atoms with Gasteiger partial charge < -0.3 is 10.6 Å². The SMILES string of the molecule is CN1CCN(Cc2ccc3ncccc3c2)CC(C(N)=O)C1. The Hall–Kier alpha value is -1.98. The maximum atomic E-state index is 11.6. The van der Waals surface area contributed by atoms with Crippen LogP contribution in [0.25, 0.3) is 10.9 Å². The first-order valence-electron chi connectivity index (χ1n) is 7.66. The van der Waals surface area contributed by atoms with Crippen molar-refractivity contribution in [3.8, 4) is 0 Å². The number of aromatic nitrogens is 1. The third-order valence-electron chi connectivity index (χ3n) is 4.28. The molecule has 0 saturated carbocycles. The lowest BCUT2D eigenvalue weighted by Gasteiger charge is -2.22. The second kappa shape index (κ2) is 6.42. The summed E-state index contributed by atoms with van der Waals surface area (Å²) in [4.78, 5) is 20.4. The predicted molar refractivity (Wildman–Crippen MR) is 87.2 cm³/mol. The van der Waals surface area contributed by atoms with E-state index < -0.39 is 0 Å². The van der Waals surface area contributed by atoms with Gasteiger partial charge in [-0.25, -0.2) is 0 Å². The van der Waals surface area contributed by atoms with Crippen molar-refractivity contribution in [2.24, 2.45) is 11.7 Å². The number of pyridine rings is 1. The van der Waals surface area contributed by atoms with E-state index in [0.717, 1.165) is 43.6 Å². The molecule has 1 amide bonds. The molecule has 2 aromatic rings. The molecule has 0 bridgehead atoms. The molecule has 1 aliphatic rings. The van der Waals surface area contributed by atoms with Crippen LogP contribution in [0.15, 0.2) is 36.5 Å². The fourth-order valence-corrected chi connectivity index (χ4v) is 3.05. The van der Waals surface area contributed by atoms with Gasteiger partial charge in [-0.15, -0.1) is 0 Å². The molecule has 0 aliphatic carbocycles. The zero-order chi connectivity index (χ0) is 15.5. The first kappa shape index (κ1) is 14.9. The van der Waals surface area contributed by atoms with Gasteiger partial charge in [0, 0.05) is 44.3 Å². The minimum Gasteiger partial charge on any atom is -0.369 e. The van der Waals surface area contributed by atoms with E-state index in [1.54, 1.807) is 0 Å². The number of hydrogen-bond acceptors (Lipinski definition) is 4. The van der Waals surface area contributed by atoms with E-state index in [2.05, 4.69) is 39.0 Å². The highest BCUT2D eigenvalue weighted by molar-refractivity contribution is 5.79. The van der Waals surface area contributed by atoms with Crippen molar-refractivity contribution in [1.29, 1.82) is 0 Å². The Labute approximate surface area is 130 Å². The van der Waals surface area contributed by atoms with Crippen LogP contribution in [-0.4, -0.2) is 53.9 Å². The number of nitrogens with two attached hydrogens (primary N) is 1. The quantitative estimate of drug-likeness (QED) is 0.921. The zero-order valence-electron chi connectivity index (χ0n) is 12.9. The number of carbonyl (C=O) groups is 1. The monoisotopic (exact) mass is 298 g/mol. The molecular weight excluding hydrogens is 276 g/mol. The number of amides is 1. The summed E-state index contributed by atoms with van der Waals surface area (Å²) in [5.74, 6) is -0.309. The molecule has 1 aromatic heterocycles. The summed E-state index contributed by atoms with van der Waals surface area (Å²) >= 11 is 0. The van der Waals surface area contributed by atoms with Crippen LogP contribution in [0.5, 0.6) is 0 Å². The maximum Gasteiger partial charge on any atom is 0.223 e. The standard InChI is InChI=1S/C17H22N4O/c1-20-7-8-21(12-15(11-20)17(18)22)10-13-4-5-16-14(9-13)3-2-6-19-16/h2-6,9,15H,7-8,10-12H2,1H3,(H2,18,22). The second-order valence-electron chi connectivity index (χ2n) is 6.13. The summed E-state index contributed by atoms with van der Waals surface area (Å²) < 4.78 is 0. The first-order valence-corrected chi connectivity index (χ1v) is 7.66. The summed E-state index contributed by atoms with van der Waals surface area (Å²) in [7, 11) is 2.04. The number of likely N-dealkylation sites (N-methyl/N-ethyl adjacent to an activating group) is 1. The lowest BCUT2D eigenvalue weighted by Crippen LogP contribution is -2.37. The molecule has 1 aromatic carbocycles. The summed E-state index contributed by atoms with van der Waals surface area (Å²) in [6, 6.07) is 10.4. The molecule has 116 valence electrons. The van der Waals surface area contributed by atoms with Crippen molar-refractivity contribution in [2.75, 3.05) is 33.2 Å². The van der Waals surface area contributed by atoms with Gasteiger partial charge in [0.15, 0.2) is 0 Å². The predicted octanol–water partition coefficient (Wildman–Crippen LogP) is 1.08. The first-order chi connectivity index (χ1) is 10.6. The van der Waals surface area contributed by atoms with Gasteiger partial charge in [0.2, 0.25) is 5.91 Å². The number of rotatable bonds is 3. The number of fused-ring (bicyclic) bond motifs is 1. The summed E-state index contributed by atoms with van der Waals surface area (Å²) in [5, 5.41) is 1.15. The molecule has 2 heterocycles. The average molecular weight is 298 g/mol. The number of carbonyl (C=O) groups excluding carboxylic acids is 1. The molecule has 2 N–H and O–H groups in total. The van der Waals surface area contributed by atoms with Crippen LogP contribution >= 0.6 is 0 Å². The molecule has 1 atom stereocenters. The van der Waals surface area contributed by atoms with Crippen LogP contribution in [0.1, 0.15) is 5.56 Å². The third-order valence-corrected chi connectivity index (χ3v) is 4.28. The highest BCUT2D eigenvalue weighted by atomic mass is 16.1. The van der Waals surface area contributed by atoms with Gasteiger partial charge in [-0.2, -0.15) is 0 Å². The molecule has 1 unspecified atom stereocenters. The molecular formula is C17H22N4O. The lowest BCUT2D eigenvalue weighted by molar-refractivity contribution is -0.122. The summed E-state index contributed by atoms with van der Waals surface area (Å²) in [5.41, 5.74) is 7.78. The number of primary amides is 1.